The Morgan fingerprint density at radius 1 is 1.22 bits per heavy atom. The molecule has 1 saturated heterocycles. The van der Waals surface area contributed by atoms with Crippen LogP contribution in [0.5, 0.6) is 0 Å². The maximum absolute atomic E-state index is 12.4. The molecule has 5 nitrogen and oxygen atoms in total. The van der Waals surface area contributed by atoms with Crippen LogP contribution in [0.15, 0.2) is 24.3 Å². The molecule has 1 unspecified atom stereocenters. The Hall–Kier alpha value is -2.04. The predicted octanol–water partition coefficient (Wildman–Crippen LogP) is 3.72. The number of aromatic carboxylic acids is 1. The molecule has 0 saturated carbocycles. The summed E-state index contributed by atoms with van der Waals surface area (Å²) in [6.45, 7) is 6.32. The van der Waals surface area contributed by atoms with Crippen LogP contribution < -0.4 is 0 Å². The van der Waals surface area contributed by atoms with Gasteiger partial charge in [-0.2, -0.15) is 0 Å². The molecule has 0 radical (unpaired) electrons. The van der Waals surface area contributed by atoms with Crippen molar-refractivity contribution in [2.24, 2.45) is 0 Å². The highest BCUT2D eigenvalue weighted by Crippen LogP contribution is 2.23. The minimum Gasteiger partial charge on any atom is -0.478 e. The number of benzene rings is 1. The molecule has 1 atom stereocenters. The van der Waals surface area contributed by atoms with Crippen LogP contribution in [0.25, 0.3) is 0 Å². The maximum Gasteiger partial charge on any atom is 0.410 e. The molecule has 23 heavy (non-hydrogen) atoms. The summed E-state index contributed by atoms with van der Waals surface area (Å²) in [5.41, 5.74) is 0.819. The van der Waals surface area contributed by atoms with Crippen molar-refractivity contribution in [3.05, 3.63) is 35.4 Å². The topological polar surface area (TPSA) is 66.8 Å². The summed E-state index contributed by atoms with van der Waals surface area (Å²) in [5, 5.41) is 8.95. The zero-order chi connectivity index (χ0) is 17.0. The number of piperidine rings is 1. The van der Waals surface area contributed by atoms with Gasteiger partial charge >= 0.3 is 12.1 Å². The first kappa shape index (κ1) is 17.3. The van der Waals surface area contributed by atoms with Crippen molar-refractivity contribution in [2.45, 2.75) is 58.1 Å². The van der Waals surface area contributed by atoms with E-state index in [0.717, 1.165) is 31.2 Å². The first-order valence-electron chi connectivity index (χ1n) is 8.08. The summed E-state index contributed by atoms with van der Waals surface area (Å²) in [4.78, 5) is 25.1. The lowest BCUT2D eigenvalue weighted by Gasteiger charge is -2.37. The third-order valence-corrected chi connectivity index (χ3v) is 3.93. The van der Waals surface area contributed by atoms with E-state index < -0.39 is 11.6 Å². The van der Waals surface area contributed by atoms with Gasteiger partial charge in [0.05, 0.1) is 5.56 Å². The summed E-state index contributed by atoms with van der Waals surface area (Å²) in [6.07, 6.45) is 3.49. The van der Waals surface area contributed by atoms with Crippen molar-refractivity contribution in [2.75, 3.05) is 6.54 Å². The van der Waals surface area contributed by atoms with E-state index in [1.54, 1.807) is 12.1 Å². The number of ether oxygens (including phenoxy) is 1. The van der Waals surface area contributed by atoms with Crippen molar-refractivity contribution in [1.29, 1.82) is 0 Å². The second-order valence-corrected chi connectivity index (χ2v) is 7.03. The van der Waals surface area contributed by atoms with Crippen LogP contribution in [0.3, 0.4) is 0 Å². The van der Waals surface area contributed by atoms with Gasteiger partial charge in [0.25, 0.3) is 0 Å². The van der Waals surface area contributed by atoms with Gasteiger partial charge in [-0.3, -0.25) is 0 Å². The molecule has 126 valence electrons. The van der Waals surface area contributed by atoms with Crippen molar-refractivity contribution in [3.63, 3.8) is 0 Å². The smallest absolute Gasteiger partial charge is 0.410 e. The van der Waals surface area contributed by atoms with Gasteiger partial charge in [-0.05, 0) is 64.2 Å². The zero-order valence-corrected chi connectivity index (χ0v) is 14.0. The molecular weight excluding hydrogens is 294 g/mol. The molecule has 1 amide bonds. The fourth-order valence-electron chi connectivity index (χ4n) is 2.83. The third-order valence-electron chi connectivity index (χ3n) is 3.93. The van der Waals surface area contributed by atoms with Crippen molar-refractivity contribution in [1.82, 2.24) is 4.90 Å². The Bertz CT molecular complexity index is 559. The Morgan fingerprint density at radius 2 is 1.87 bits per heavy atom. The number of carboxylic acid groups (broad SMARTS) is 1. The molecule has 0 aromatic heterocycles. The minimum atomic E-state index is -0.926. The molecule has 1 heterocycles. The van der Waals surface area contributed by atoms with Gasteiger partial charge in [0.2, 0.25) is 0 Å². The highest BCUT2D eigenvalue weighted by molar-refractivity contribution is 5.87. The number of carboxylic acids is 1. The molecule has 1 aromatic carbocycles. The quantitative estimate of drug-likeness (QED) is 0.922. The number of carbonyl (C=O) groups is 2. The molecule has 1 aliphatic heterocycles. The fourth-order valence-corrected chi connectivity index (χ4v) is 2.83. The lowest BCUT2D eigenvalue weighted by molar-refractivity contribution is 0.00993. The summed E-state index contributed by atoms with van der Waals surface area (Å²) in [7, 11) is 0. The van der Waals surface area contributed by atoms with Crippen LogP contribution in [0, 0.1) is 0 Å². The van der Waals surface area contributed by atoms with Gasteiger partial charge in [0.15, 0.2) is 0 Å². The first-order chi connectivity index (χ1) is 10.8. The van der Waals surface area contributed by atoms with E-state index in [1.165, 1.54) is 0 Å². The SMILES string of the molecule is CC(C)(C)OC(=O)N1CCCCC1Cc1ccc(C(=O)O)cc1. The Labute approximate surface area is 137 Å². The molecule has 0 bridgehead atoms. The van der Waals surface area contributed by atoms with Crippen LogP contribution in [-0.4, -0.2) is 40.3 Å². The van der Waals surface area contributed by atoms with E-state index in [0.29, 0.717) is 6.54 Å². The van der Waals surface area contributed by atoms with E-state index in [1.807, 2.05) is 37.8 Å². The van der Waals surface area contributed by atoms with Gasteiger partial charge in [-0.25, -0.2) is 9.59 Å². The van der Waals surface area contributed by atoms with Crippen LogP contribution in [-0.2, 0) is 11.2 Å². The minimum absolute atomic E-state index is 0.106. The fraction of sp³-hybridized carbons (Fsp3) is 0.556. The molecule has 1 aromatic rings. The van der Waals surface area contributed by atoms with Gasteiger partial charge in [-0.15, -0.1) is 0 Å². The maximum atomic E-state index is 12.4. The van der Waals surface area contributed by atoms with E-state index in [-0.39, 0.29) is 17.7 Å². The van der Waals surface area contributed by atoms with E-state index >= 15 is 0 Å². The number of likely N-dealkylation sites (tertiary alicyclic amines) is 1. The average molecular weight is 319 g/mol. The Kier molecular flexibility index (Phi) is 5.29. The highest BCUT2D eigenvalue weighted by Gasteiger charge is 2.30. The van der Waals surface area contributed by atoms with Gasteiger partial charge < -0.3 is 14.7 Å². The number of hydrogen-bond donors (Lipinski definition) is 1. The van der Waals surface area contributed by atoms with Gasteiger partial charge in [-0.1, -0.05) is 12.1 Å². The molecule has 1 fully saturated rings. The second-order valence-electron chi connectivity index (χ2n) is 7.03. The molecule has 5 heteroatoms. The van der Waals surface area contributed by atoms with Crippen LogP contribution in [0.4, 0.5) is 4.79 Å². The summed E-state index contributed by atoms with van der Waals surface area (Å²) >= 11 is 0. The van der Waals surface area contributed by atoms with Gasteiger partial charge in [0, 0.05) is 12.6 Å². The van der Waals surface area contributed by atoms with Crippen molar-refractivity contribution >= 4 is 12.1 Å². The summed E-state index contributed by atoms with van der Waals surface area (Å²) in [6, 6.07) is 6.97. The Balaban J connectivity index is 2.06. The molecular formula is C18H25NO4. The summed E-state index contributed by atoms with van der Waals surface area (Å²) < 4.78 is 5.50. The number of nitrogens with zero attached hydrogens (tertiary/aromatic N) is 1. The average Bonchev–Trinajstić information content (AvgIpc) is 2.46. The largest absolute Gasteiger partial charge is 0.478 e. The normalized spacial score (nSPS) is 18.6. The Morgan fingerprint density at radius 3 is 2.43 bits per heavy atom. The third kappa shape index (κ3) is 4.98. The molecule has 0 aliphatic carbocycles. The van der Waals surface area contributed by atoms with Gasteiger partial charge in [0.1, 0.15) is 5.60 Å². The highest BCUT2D eigenvalue weighted by atomic mass is 16.6. The zero-order valence-electron chi connectivity index (χ0n) is 14.0. The van der Waals surface area contributed by atoms with Crippen molar-refractivity contribution < 1.29 is 19.4 Å². The number of hydrogen-bond acceptors (Lipinski definition) is 3. The van der Waals surface area contributed by atoms with Crippen molar-refractivity contribution in [3.8, 4) is 0 Å². The van der Waals surface area contributed by atoms with E-state index in [9.17, 15) is 9.59 Å². The molecule has 2 rings (SSSR count). The first-order valence-corrected chi connectivity index (χ1v) is 8.08. The van der Waals surface area contributed by atoms with Crippen LogP contribution >= 0.6 is 0 Å². The standard InChI is InChI=1S/C18H25NO4/c1-18(2,3)23-17(22)19-11-5-4-6-15(19)12-13-7-9-14(10-8-13)16(20)21/h7-10,15H,4-6,11-12H2,1-3H3,(H,20,21). The number of rotatable bonds is 3. The molecule has 1 N–H and O–H groups in total. The van der Waals surface area contributed by atoms with Crippen LogP contribution in [0.1, 0.15) is 56.0 Å². The number of carbonyl (C=O) groups excluding carboxylic acids is 1. The molecule has 1 aliphatic rings. The monoisotopic (exact) mass is 319 g/mol. The lowest BCUT2D eigenvalue weighted by Crippen LogP contribution is -2.47. The lowest BCUT2D eigenvalue weighted by atomic mass is 9.95. The van der Waals surface area contributed by atoms with Crippen LogP contribution in [0.2, 0.25) is 0 Å². The predicted molar refractivity (Wildman–Crippen MR) is 87.7 cm³/mol. The molecule has 0 spiro atoms. The number of amides is 1. The summed E-state index contributed by atoms with van der Waals surface area (Å²) in [5.74, 6) is -0.926. The van der Waals surface area contributed by atoms with E-state index in [2.05, 4.69) is 0 Å². The van der Waals surface area contributed by atoms with E-state index in [4.69, 9.17) is 9.84 Å². The second kappa shape index (κ2) is 7.02.